The zero-order valence-corrected chi connectivity index (χ0v) is 14.5. The summed E-state index contributed by atoms with van der Waals surface area (Å²) in [4.78, 5) is 25.5. The van der Waals surface area contributed by atoms with Crippen LogP contribution in [0.4, 0.5) is 15.8 Å². The number of anilines is 2. The third-order valence-corrected chi connectivity index (χ3v) is 4.10. The second-order valence-electron chi connectivity index (χ2n) is 5.05. The molecule has 124 valence electrons. The summed E-state index contributed by atoms with van der Waals surface area (Å²) in [7, 11) is 0. The van der Waals surface area contributed by atoms with Gasteiger partial charge < -0.3 is 10.1 Å². The number of carbonyl (C=O) groups excluding carboxylic acids is 2. The lowest BCUT2D eigenvalue weighted by molar-refractivity contribution is -0.123. The van der Waals surface area contributed by atoms with E-state index < -0.39 is 11.7 Å². The first kappa shape index (κ1) is 16.7. The van der Waals surface area contributed by atoms with Crippen molar-refractivity contribution in [3.05, 3.63) is 51.7 Å². The van der Waals surface area contributed by atoms with Crippen LogP contribution < -0.4 is 15.0 Å². The van der Waals surface area contributed by atoms with Gasteiger partial charge >= 0.3 is 0 Å². The molecule has 0 fully saturated rings. The fraction of sp³-hybridized carbons (Fsp3) is 0.125. The summed E-state index contributed by atoms with van der Waals surface area (Å²) in [5, 5.41) is 2.86. The Morgan fingerprint density at radius 3 is 2.88 bits per heavy atom. The SMILES string of the molecule is O=C(CN1C(=O)COc2ccc(Cl)cc21)Nc1ccc(Br)cc1F. The fourth-order valence-corrected chi connectivity index (χ4v) is 2.77. The first-order valence-electron chi connectivity index (χ1n) is 6.91. The highest BCUT2D eigenvalue weighted by Crippen LogP contribution is 2.34. The predicted molar refractivity (Wildman–Crippen MR) is 92.0 cm³/mol. The van der Waals surface area contributed by atoms with E-state index in [9.17, 15) is 14.0 Å². The molecule has 1 heterocycles. The number of hydrogen-bond acceptors (Lipinski definition) is 3. The molecule has 0 atom stereocenters. The van der Waals surface area contributed by atoms with E-state index >= 15 is 0 Å². The third kappa shape index (κ3) is 3.52. The minimum absolute atomic E-state index is 0.0372. The number of halogens is 3. The Morgan fingerprint density at radius 1 is 1.33 bits per heavy atom. The Kier molecular flexibility index (Phi) is 4.73. The largest absolute Gasteiger partial charge is 0.482 e. The quantitative estimate of drug-likeness (QED) is 0.836. The van der Waals surface area contributed by atoms with Crippen molar-refractivity contribution in [3.8, 4) is 5.75 Å². The molecule has 2 aromatic rings. The average Bonchev–Trinajstić information content (AvgIpc) is 2.53. The van der Waals surface area contributed by atoms with Gasteiger partial charge in [0, 0.05) is 9.50 Å². The van der Waals surface area contributed by atoms with Gasteiger partial charge in [0.05, 0.1) is 11.4 Å². The molecule has 0 aliphatic carbocycles. The Morgan fingerprint density at radius 2 is 2.12 bits per heavy atom. The Bertz CT molecular complexity index is 831. The molecule has 0 unspecified atom stereocenters. The van der Waals surface area contributed by atoms with Crippen molar-refractivity contribution in [1.29, 1.82) is 0 Å². The van der Waals surface area contributed by atoms with E-state index in [1.54, 1.807) is 24.3 Å². The maximum Gasteiger partial charge on any atom is 0.265 e. The van der Waals surface area contributed by atoms with Crippen LogP contribution >= 0.6 is 27.5 Å². The first-order valence-corrected chi connectivity index (χ1v) is 8.09. The van der Waals surface area contributed by atoms with Gasteiger partial charge in [-0.15, -0.1) is 0 Å². The van der Waals surface area contributed by atoms with Crippen molar-refractivity contribution < 1.29 is 18.7 Å². The first-order chi connectivity index (χ1) is 11.4. The van der Waals surface area contributed by atoms with Gasteiger partial charge in [0.2, 0.25) is 5.91 Å². The van der Waals surface area contributed by atoms with Gasteiger partial charge in [0.25, 0.3) is 5.91 Å². The van der Waals surface area contributed by atoms with Crippen molar-refractivity contribution in [2.24, 2.45) is 0 Å². The monoisotopic (exact) mass is 412 g/mol. The van der Waals surface area contributed by atoms with Gasteiger partial charge in [-0.25, -0.2) is 4.39 Å². The smallest absolute Gasteiger partial charge is 0.265 e. The van der Waals surface area contributed by atoms with E-state index in [4.69, 9.17) is 16.3 Å². The minimum atomic E-state index is -0.575. The summed E-state index contributed by atoms with van der Waals surface area (Å²) < 4.78 is 19.7. The molecular formula is C16H11BrClFN2O3. The van der Waals surface area contributed by atoms with Crippen LogP contribution in [0, 0.1) is 5.82 Å². The topological polar surface area (TPSA) is 58.6 Å². The summed E-state index contributed by atoms with van der Waals surface area (Å²) in [5.41, 5.74) is 0.445. The molecule has 5 nitrogen and oxygen atoms in total. The van der Waals surface area contributed by atoms with Crippen LogP contribution in [-0.4, -0.2) is 25.0 Å². The predicted octanol–water partition coefficient (Wildman–Crippen LogP) is 3.61. The number of ether oxygens (including phenoxy) is 1. The van der Waals surface area contributed by atoms with Gasteiger partial charge in [-0.3, -0.25) is 14.5 Å². The van der Waals surface area contributed by atoms with Crippen molar-refractivity contribution in [3.63, 3.8) is 0 Å². The Hall–Kier alpha value is -2.12. The summed E-state index contributed by atoms with van der Waals surface area (Å²) in [6.07, 6.45) is 0. The number of carbonyl (C=O) groups is 2. The highest BCUT2D eigenvalue weighted by Gasteiger charge is 2.27. The van der Waals surface area contributed by atoms with Crippen molar-refractivity contribution in [2.75, 3.05) is 23.4 Å². The molecule has 1 aliphatic rings. The molecule has 24 heavy (non-hydrogen) atoms. The van der Waals surface area contributed by atoms with E-state index in [-0.39, 0.29) is 24.7 Å². The number of fused-ring (bicyclic) bond motifs is 1. The highest BCUT2D eigenvalue weighted by molar-refractivity contribution is 9.10. The molecule has 3 rings (SSSR count). The molecule has 1 N–H and O–H groups in total. The van der Waals surface area contributed by atoms with Crippen LogP contribution in [0.15, 0.2) is 40.9 Å². The molecule has 8 heteroatoms. The maximum atomic E-state index is 13.8. The Labute approximate surface area is 150 Å². The van der Waals surface area contributed by atoms with E-state index in [1.165, 1.54) is 17.0 Å². The second kappa shape index (κ2) is 6.78. The second-order valence-corrected chi connectivity index (χ2v) is 6.41. The van der Waals surface area contributed by atoms with Gasteiger partial charge in [-0.1, -0.05) is 27.5 Å². The van der Waals surface area contributed by atoms with Crippen LogP contribution in [0.25, 0.3) is 0 Å². The Balaban J connectivity index is 1.79. The van der Waals surface area contributed by atoms with Crippen LogP contribution in [0.2, 0.25) is 5.02 Å². The summed E-state index contributed by atoms with van der Waals surface area (Å²) in [5.74, 6) is -1.02. The normalized spacial score (nSPS) is 13.3. The third-order valence-electron chi connectivity index (χ3n) is 3.37. The van der Waals surface area contributed by atoms with Crippen LogP contribution in [0.1, 0.15) is 0 Å². The summed E-state index contributed by atoms with van der Waals surface area (Å²) in [6, 6.07) is 9.08. The number of amides is 2. The standard InChI is InChI=1S/C16H11BrClFN2O3/c17-9-1-3-12(11(19)5-9)20-15(22)7-21-13-6-10(18)2-4-14(13)24-8-16(21)23/h1-6H,7-8H2,(H,20,22). The molecule has 0 radical (unpaired) electrons. The lowest BCUT2D eigenvalue weighted by Crippen LogP contribution is -2.43. The van der Waals surface area contributed by atoms with Crippen LogP contribution in [0.5, 0.6) is 5.75 Å². The molecule has 0 saturated carbocycles. The lowest BCUT2D eigenvalue weighted by atomic mass is 10.2. The fourth-order valence-electron chi connectivity index (χ4n) is 2.27. The zero-order chi connectivity index (χ0) is 17.3. The number of benzene rings is 2. The molecule has 2 amide bonds. The van der Waals surface area contributed by atoms with Crippen molar-refractivity contribution in [2.45, 2.75) is 0 Å². The van der Waals surface area contributed by atoms with Gasteiger partial charge in [0.15, 0.2) is 6.61 Å². The van der Waals surface area contributed by atoms with E-state index in [2.05, 4.69) is 21.2 Å². The minimum Gasteiger partial charge on any atom is -0.482 e. The van der Waals surface area contributed by atoms with E-state index in [0.717, 1.165) is 0 Å². The molecule has 1 aliphatic heterocycles. The van der Waals surface area contributed by atoms with Gasteiger partial charge in [-0.2, -0.15) is 0 Å². The lowest BCUT2D eigenvalue weighted by Gasteiger charge is -2.29. The molecule has 2 aromatic carbocycles. The molecule has 0 aromatic heterocycles. The molecule has 0 saturated heterocycles. The molecular weight excluding hydrogens is 403 g/mol. The number of nitrogens with zero attached hydrogens (tertiary/aromatic N) is 1. The summed E-state index contributed by atoms with van der Waals surface area (Å²) >= 11 is 9.09. The van der Waals surface area contributed by atoms with Crippen molar-refractivity contribution >= 4 is 50.7 Å². The van der Waals surface area contributed by atoms with Gasteiger partial charge in [0.1, 0.15) is 18.1 Å². The zero-order valence-electron chi connectivity index (χ0n) is 12.2. The van der Waals surface area contributed by atoms with Crippen LogP contribution in [0.3, 0.4) is 0 Å². The van der Waals surface area contributed by atoms with Crippen LogP contribution in [-0.2, 0) is 9.59 Å². The average molecular weight is 414 g/mol. The number of nitrogens with one attached hydrogen (secondary N) is 1. The van der Waals surface area contributed by atoms with Crippen molar-refractivity contribution in [1.82, 2.24) is 0 Å². The van der Waals surface area contributed by atoms with E-state index in [1.807, 2.05) is 0 Å². The molecule has 0 bridgehead atoms. The number of hydrogen-bond donors (Lipinski definition) is 1. The maximum absolute atomic E-state index is 13.8. The van der Waals surface area contributed by atoms with E-state index in [0.29, 0.717) is 20.9 Å². The molecule has 0 spiro atoms. The highest BCUT2D eigenvalue weighted by atomic mass is 79.9. The number of rotatable bonds is 3. The van der Waals surface area contributed by atoms with Gasteiger partial charge in [-0.05, 0) is 36.4 Å². The summed E-state index contributed by atoms with van der Waals surface area (Å²) in [6.45, 7) is -0.445.